The van der Waals surface area contributed by atoms with Crippen LogP contribution in [0.15, 0.2) is 36.8 Å². The van der Waals surface area contributed by atoms with Crippen molar-refractivity contribution < 1.29 is 10.2 Å². The highest BCUT2D eigenvalue weighted by Crippen LogP contribution is 2.39. The number of phenolic OH excluding ortho intramolecular Hbond substituents is 2. The number of nitrogens with one attached hydrogen (secondary N) is 1. The second-order valence-corrected chi connectivity index (χ2v) is 8.46. The number of benzene rings is 1. The number of fused-ring (bicyclic) bond motifs is 3. The molecule has 3 aromatic heterocycles. The third-order valence-corrected chi connectivity index (χ3v) is 6.54. The molecule has 1 aromatic carbocycles. The third kappa shape index (κ3) is 3.54. The molecular weight excluding hydrogens is 398 g/mol. The minimum atomic E-state index is -0.109. The Bertz CT molecular complexity index is 1210. The fourth-order valence-electron chi connectivity index (χ4n) is 3.86. The van der Waals surface area contributed by atoms with Gasteiger partial charge in [0.1, 0.15) is 16.3 Å². The molecule has 0 atom stereocenters. The average molecular weight is 420 g/mol. The number of hydrogen-bond acceptors (Lipinski definition) is 8. The summed E-state index contributed by atoms with van der Waals surface area (Å²) in [5.74, 6) is 1.18. The normalized spacial score (nSPS) is 13.3. The van der Waals surface area contributed by atoms with Gasteiger partial charge in [0.15, 0.2) is 17.3 Å². The van der Waals surface area contributed by atoms with Crippen LogP contribution >= 0.6 is 11.3 Å². The molecule has 0 unspecified atom stereocenters. The van der Waals surface area contributed by atoms with E-state index < -0.39 is 0 Å². The molecule has 152 valence electrons. The molecule has 1 aliphatic carbocycles. The van der Waals surface area contributed by atoms with Crippen LogP contribution in [0.3, 0.4) is 0 Å². The van der Waals surface area contributed by atoms with E-state index >= 15 is 0 Å². The van der Waals surface area contributed by atoms with Crippen LogP contribution in [-0.4, -0.2) is 36.7 Å². The largest absolute Gasteiger partial charge is 0.504 e. The zero-order valence-corrected chi connectivity index (χ0v) is 17.1. The van der Waals surface area contributed by atoms with Gasteiger partial charge in [-0.1, -0.05) is 6.07 Å². The van der Waals surface area contributed by atoms with Crippen molar-refractivity contribution in [2.75, 3.05) is 11.9 Å². The van der Waals surface area contributed by atoms with Crippen molar-refractivity contribution in [1.82, 2.24) is 19.9 Å². The molecule has 8 heteroatoms. The molecule has 30 heavy (non-hydrogen) atoms. The van der Waals surface area contributed by atoms with E-state index in [9.17, 15) is 10.2 Å². The number of nitrogens with zero attached hydrogens (tertiary/aromatic N) is 4. The molecule has 5 rings (SSSR count). The standard InChI is InChI=1S/C22H21N5O2S/c28-16-6-5-13(11-17(16)29)7-8-25-21-19-14-3-1-2-4-18(14)30-22(19)27-20(26-21)15-12-23-9-10-24-15/h5-6,9-12,28-29H,1-4,7-8H2,(H,25,26,27). The maximum absolute atomic E-state index is 9.72. The summed E-state index contributed by atoms with van der Waals surface area (Å²) in [5, 5.41) is 23.8. The van der Waals surface area contributed by atoms with Crippen molar-refractivity contribution in [3.63, 3.8) is 0 Å². The summed E-state index contributed by atoms with van der Waals surface area (Å²) < 4.78 is 0. The first-order valence-electron chi connectivity index (χ1n) is 10.0. The number of aromatic hydroxyl groups is 2. The molecule has 7 nitrogen and oxygen atoms in total. The van der Waals surface area contributed by atoms with E-state index in [-0.39, 0.29) is 11.5 Å². The van der Waals surface area contributed by atoms with Crippen molar-refractivity contribution in [2.45, 2.75) is 32.1 Å². The van der Waals surface area contributed by atoms with Gasteiger partial charge in [-0.2, -0.15) is 0 Å². The summed E-state index contributed by atoms with van der Waals surface area (Å²) in [4.78, 5) is 20.5. The number of phenols is 2. The second-order valence-electron chi connectivity index (χ2n) is 7.38. The number of rotatable bonds is 5. The van der Waals surface area contributed by atoms with Crippen LogP contribution in [0.2, 0.25) is 0 Å². The van der Waals surface area contributed by atoms with Gasteiger partial charge in [0.2, 0.25) is 0 Å². The molecule has 0 bridgehead atoms. The molecular formula is C22H21N5O2S. The summed E-state index contributed by atoms with van der Waals surface area (Å²) >= 11 is 1.76. The Balaban J connectivity index is 1.49. The Hall–Kier alpha value is -3.26. The maximum atomic E-state index is 9.72. The number of anilines is 1. The third-order valence-electron chi connectivity index (χ3n) is 5.35. The number of aryl methyl sites for hydroxylation is 2. The van der Waals surface area contributed by atoms with Crippen LogP contribution in [0.1, 0.15) is 28.8 Å². The minimum Gasteiger partial charge on any atom is -0.504 e. The lowest BCUT2D eigenvalue weighted by atomic mass is 9.97. The molecule has 0 radical (unpaired) electrons. The Morgan fingerprint density at radius 3 is 2.77 bits per heavy atom. The monoisotopic (exact) mass is 419 g/mol. The molecule has 1 aliphatic rings. The second kappa shape index (κ2) is 7.87. The van der Waals surface area contributed by atoms with Crippen molar-refractivity contribution in [3.05, 3.63) is 52.8 Å². The van der Waals surface area contributed by atoms with Gasteiger partial charge in [0.25, 0.3) is 0 Å². The van der Waals surface area contributed by atoms with Crippen molar-refractivity contribution >= 4 is 27.4 Å². The van der Waals surface area contributed by atoms with Crippen LogP contribution in [-0.2, 0) is 19.3 Å². The lowest BCUT2D eigenvalue weighted by Gasteiger charge is -2.13. The molecule has 0 aliphatic heterocycles. The van der Waals surface area contributed by atoms with Gasteiger partial charge in [-0.25, -0.2) is 15.0 Å². The minimum absolute atomic E-state index is 0.103. The molecule has 0 saturated carbocycles. The smallest absolute Gasteiger partial charge is 0.183 e. The Morgan fingerprint density at radius 2 is 1.93 bits per heavy atom. The van der Waals surface area contributed by atoms with Crippen molar-refractivity contribution in [1.29, 1.82) is 0 Å². The topological polar surface area (TPSA) is 104 Å². The van der Waals surface area contributed by atoms with E-state index in [1.165, 1.54) is 29.3 Å². The van der Waals surface area contributed by atoms with Crippen LogP contribution in [0.25, 0.3) is 21.7 Å². The van der Waals surface area contributed by atoms with Crippen LogP contribution in [0, 0.1) is 0 Å². The molecule has 0 saturated heterocycles. The number of hydrogen-bond donors (Lipinski definition) is 3. The lowest BCUT2D eigenvalue weighted by molar-refractivity contribution is 0.403. The summed E-state index contributed by atoms with van der Waals surface area (Å²) in [6.45, 7) is 0.640. The van der Waals surface area contributed by atoms with E-state index in [0.29, 0.717) is 24.5 Å². The first-order chi connectivity index (χ1) is 14.7. The highest BCUT2D eigenvalue weighted by Gasteiger charge is 2.21. The van der Waals surface area contributed by atoms with Crippen LogP contribution in [0.4, 0.5) is 5.82 Å². The molecule has 0 fully saturated rings. The predicted octanol–water partition coefficient (Wildman–Crippen LogP) is 4.09. The van der Waals surface area contributed by atoms with Gasteiger partial charge in [0, 0.05) is 23.8 Å². The molecule has 0 amide bonds. The Kier molecular flexibility index (Phi) is 4.92. The summed E-state index contributed by atoms with van der Waals surface area (Å²) in [6.07, 6.45) is 10.2. The zero-order valence-electron chi connectivity index (χ0n) is 16.3. The SMILES string of the molecule is Oc1ccc(CCNc2nc(-c3cnccn3)nc3sc4c(c23)CCCC4)cc1O. The van der Waals surface area contributed by atoms with Crippen LogP contribution in [0.5, 0.6) is 11.5 Å². The molecule has 3 N–H and O–H groups in total. The highest BCUT2D eigenvalue weighted by molar-refractivity contribution is 7.19. The van der Waals surface area contributed by atoms with E-state index in [2.05, 4.69) is 15.3 Å². The lowest BCUT2D eigenvalue weighted by Crippen LogP contribution is -2.09. The fraction of sp³-hybridized carbons (Fsp3) is 0.273. The molecule has 4 aromatic rings. The summed E-state index contributed by atoms with van der Waals surface area (Å²) in [7, 11) is 0. The first kappa shape index (κ1) is 18.7. The van der Waals surface area contributed by atoms with E-state index in [0.717, 1.165) is 34.4 Å². The van der Waals surface area contributed by atoms with Crippen molar-refractivity contribution in [3.8, 4) is 23.0 Å². The number of aromatic nitrogens is 4. The van der Waals surface area contributed by atoms with Gasteiger partial charge < -0.3 is 15.5 Å². The number of thiophene rings is 1. The van der Waals surface area contributed by atoms with Gasteiger partial charge in [-0.15, -0.1) is 11.3 Å². The predicted molar refractivity (Wildman–Crippen MR) is 117 cm³/mol. The summed E-state index contributed by atoms with van der Waals surface area (Å²) in [6, 6.07) is 4.91. The molecule has 3 heterocycles. The van der Waals surface area contributed by atoms with Gasteiger partial charge >= 0.3 is 0 Å². The van der Waals surface area contributed by atoms with Crippen molar-refractivity contribution in [2.24, 2.45) is 0 Å². The van der Waals surface area contributed by atoms with E-state index in [1.807, 2.05) is 6.07 Å². The average Bonchev–Trinajstić information content (AvgIpc) is 3.15. The van der Waals surface area contributed by atoms with Gasteiger partial charge in [0.05, 0.1) is 11.6 Å². The van der Waals surface area contributed by atoms with Gasteiger partial charge in [-0.3, -0.25) is 4.98 Å². The van der Waals surface area contributed by atoms with E-state index in [1.54, 1.807) is 36.0 Å². The van der Waals surface area contributed by atoms with Crippen LogP contribution < -0.4 is 5.32 Å². The summed E-state index contributed by atoms with van der Waals surface area (Å²) in [5.41, 5.74) is 2.96. The Labute approximate surface area is 177 Å². The highest BCUT2D eigenvalue weighted by atomic mass is 32.1. The maximum Gasteiger partial charge on any atom is 0.183 e. The van der Waals surface area contributed by atoms with E-state index in [4.69, 9.17) is 9.97 Å². The first-order valence-corrected chi connectivity index (χ1v) is 10.8. The quantitative estimate of drug-likeness (QED) is 0.419. The Morgan fingerprint density at radius 1 is 1.03 bits per heavy atom. The van der Waals surface area contributed by atoms with Gasteiger partial charge in [-0.05, 0) is 55.4 Å². The molecule has 0 spiro atoms. The fourth-order valence-corrected chi connectivity index (χ4v) is 5.13. The zero-order chi connectivity index (χ0) is 20.5.